The number of benzene rings is 2. The Labute approximate surface area is 112 Å². The number of pyridine rings is 1. The van der Waals surface area contributed by atoms with Gasteiger partial charge in [0.15, 0.2) is 0 Å². The number of anilines is 1. The lowest BCUT2D eigenvalue weighted by molar-refractivity contribution is 1.41. The van der Waals surface area contributed by atoms with Gasteiger partial charge in [-0.2, -0.15) is 0 Å². The Bertz CT molecular complexity index is 697. The SMILES string of the molecule is C(=Cc1ccccc1)Nc1ccnc2ccccc12. The van der Waals surface area contributed by atoms with E-state index in [0.29, 0.717) is 0 Å². The molecule has 3 rings (SSSR count). The van der Waals surface area contributed by atoms with Crippen molar-refractivity contribution in [1.29, 1.82) is 0 Å². The summed E-state index contributed by atoms with van der Waals surface area (Å²) in [4.78, 5) is 4.34. The summed E-state index contributed by atoms with van der Waals surface area (Å²) in [5.41, 5.74) is 3.24. The predicted molar refractivity (Wildman–Crippen MR) is 80.8 cm³/mol. The maximum Gasteiger partial charge on any atom is 0.0722 e. The molecule has 2 aromatic carbocycles. The van der Waals surface area contributed by atoms with E-state index in [-0.39, 0.29) is 0 Å². The Morgan fingerprint density at radius 1 is 0.842 bits per heavy atom. The van der Waals surface area contributed by atoms with Crippen LogP contribution in [0.25, 0.3) is 17.0 Å². The van der Waals surface area contributed by atoms with E-state index in [4.69, 9.17) is 0 Å². The number of nitrogens with one attached hydrogen (secondary N) is 1. The van der Waals surface area contributed by atoms with Crippen molar-refractivity contribution in [2.24, 2.45) is 0 Å². The number of aromatic nitrogens is 1. The van der Waals surface area contributed by atoms with Crippen molar-refractivity contribution in [3.63, 3.8) is 0 Å². The van der Waals surface area contributed by atoms with E-state index < -0.39 is 0 Å². The molecule has 0 fully saturated rings. The van der Waals surface area contributed by atoms with Gasteiger partial charge >= 0.3 is 0 Å². The van der Waals surface area contributed by atoms with Crippen LogP contribution in [-0.2, 0) is 0 Å². The topological polar surface area (TPSA) is 24.9 Å². The molecule has 3 aromatic rings. The Kier molecular flexibility index (Phi) is 3.24. The third-order valence-electron chi connectivity index (χ3n) is 2.96. The fourth-order valence-corrected chi connectivity index (χ4v) is 2.01. The molecule has 2 nitrogen and oxygen atoms in total. The Balaban J connectivity index is 1.84. The lowest BCUT2D eigenvalue weighted by Gasteiger charge is -2.05. The van der Waals surface area contributed by atoms with Crippen molar-refractivity contribution in [3.8, 4) is 0 Å². The first-order valence-corrected chi connectivity index (χ1v) is 6.25. The van der Waals surface area contributed by atoms with Crippen LogP contribution in [0.15, 0.2) is 73.1 Å². The maximum atomic E-state index is 4.34. The lowest BCUT2D eigenvalue weighted by atomic mass is 10.2. The molecule has 1 heterocycles. The maximum absolute atomic E-state index is 4.34. The van der Waals surface area contributed by atoms with Gasteiger partial charge < -0.3 is 5.32 Å². The number of fused-ring (bicyclic) bond motifs is 1. The second-order valence-corrected chi connectivity index (χ2v) is 4.26. The number of para-hydroxylation sites is 1. The molecule has 1 aromatic heterocycles. The van der Waals surface area contributed by atoms with Crippen molar-refractivity contribution < 1.29 is 0 Å². The summed E-state index contributed by atoms with van der Waals surface area (Å²) in [5, 5.41) is 4.44. The normalized spacial score (nSPS) is 10.9. The highest BCUT2D eigenvalue weighted by Gasteiger charge is 1.98. The van der Waals surface area contributed by atoms with Crippen molar-refractivity contribution in [2.45, 2.75) is 0 Å². The zero-order chi connectivity index (χ0) is 12.9. The zero-order valence-electron chi connectivity index (χ0n) is 10.5. The van der Waals surface area contributed by atoms with Gasteiger partial charge in [0, 0.05) is 23.5 Å². The van der Waals surface area contributed by atoms with Crippen LogP contribution in [0.4, 0.5) is 5.69 Å². The fourth-order valence-electron chi connectivity index (χ4n) is 2.01. The van der Waals surface area contributed by atoms with Gasteiger partial charge in [0.05, 0.1) is 5.52 Å². The summed E-state index contributed by atoms with van der Waals surface area (Å²) < 4.78 is 0. The highest BCUT2D eigenvalue weighted by atomic mass is 14.8. The summed E-state index contributed by atoms with van der Waals surface area (Å²) in [7, 11) is 0. The van der Waals surface area contributed by atoms with Crippen LogP contribution < -0.4 is 5.32 Å². The minimum atomic E-state index is 1.00. The molecule has 0 saturated heterocycles. The molecule has 0 aliphatic carbocycles. The van der Waals surface area contributed by atoms with Crippen LogP contribution in [0.5, 0.6) is 0 Å². The summed E-state index contributed by atoms with van der Waals surface area (Å²) >= 11 is 0. The average molecular weight is 246 g/mol. The first-order valence-electron chi connectivity index (χ1n) is 6.25. The van der Waals surface area contributed by atoms with E-state index in [1.54, 1.807) is 0 Å². The molecule has 19 heavy (non-hydrogen) atoms. The van der Waals surface area contributed by atoms with Gasteiger partial charge in [-0.05, 0) is 23.8 Å². The molecular weight excluding hydrogens is 232 g/mol. The highest BCUT2D eigenvalue weighted by Crippen LogP contribution is 2.20. The molecule has 0 aliphatic heterocycles. The van der Waals surface area contributed by atoms with Crippen LogP contribution in [0, 0.1) is 0 Å². The molecule has 0 unspecified atom stereocenters. The van der Waals surface area contributed by atoms with Crippen LogP contribution in [0.2, 0.25) is 0 Å². The lowest BCUT2D eigenvalue weighted by Crippen LogP contribution is -1.90. The molecule has 0 bridgehead atoms. The minimum Gasteiger partial charge on any atom is -0.361 e. The summed E-state index contributed by atoms with van der Waals surface area (Å²) in [6, 6.07) is 20.3. The van der Waals surface area contributed by atoms with Gasteiger partial charge in [-0.1, -0.05) is 48.5 Å². The second kappa shape index (κ2) is 5.36. The number of hydrogen-bond donors (Lipinski definition) is 1. The summed E-state index contributed by atoms with van der Waals surface area (Å²) in [5.74, 6) is 0. The number of rotatable bonds is 3. The Morgan fingerprint density at radius 2 is 1.63 bits per heavy atom. The summed E-state index contributed by atoms with van der Waals surface area (Å²) in [6.07, 6.45) is 5.83. The molecule has 1 N–H and O–H groups in total. The first kappa shape index (κ1) is 11.5. The molecule has 0 atom stereocenters. The quantitative estimate of drug-likeness (QED) is 0.744. The standard InChI is InChI=1S/C17H14N2/c1-2-6-14(7-3-1)10-12-18-17-11-13-19-16-9-5-4-8-15(16)17/h1-13H,(H,18,19). The summed E-state index contributed by atoms with van der Waals surface area (Å²) in [6.45, 7) is 0. The van der Waals surface area contributed by atoms with Crippen molar-refractivity contribution in [2.75, 3.05) is 5.32 Å². The van der Waals surface area contributed by atoms with Crippen molar-refractivity contribution in [3.05, 3.63) is 78.6 Å². The third kappa shape index (κ3) is 2.63. The zero-order valence-corrected chi connectivity index (χ0v) is 10.5. The van der Waals surface area contributed by atoms with Crippen LogP contribution in [0.3, 0.4) is 0 Å². The molecule has 0 saturated carbocycles. The van der Waals surface area contributed by atoms with Crippen LogP contribution in [-0.4, -0.2) is 4.98 Å². The van der Waals surface area contributed by atoms with Gasteiger partial charge in [-0.15, -0.1) is 0 Å². The van der Waals surface area contributed by atoms with Gasteiger partial charge in [-0.3, -0.25) is 4.98 Å². The third-order valence-corrected chi connectivity index (χ3v) is 2.96. The van der Waals surface area contributed by atoms with Crippen LogP contribution >= 0.6 is 0 Å². The minimum absolute atomic E-state index is 1.00. The fraction of sp³-hybridized carbons (Fsp3) is 0. The highest BCUT2D eigenvalue weighted by molar-refractivity contribution is 5.91. The molecule has 0 spiro atoms. The van der Waals surface area contributed by atoms with E-state index in [9.17, 15) is 0 Å². The molecule has 2 heteroatoms. The smallest absolute Gasteiger partial charge is 0.0722 e. The van der Waals surface area contributed by atoms with Gasteiger partial charge in [0.2, 0.25) is 0 Å². The number of nitrogens with zero attached hydrogens (tertiary/aromatic N) is 1. The molecule has 0 amide bonds. The Hall–Kier alpha value is -2.61. The predicted octanol–water partition coefficient (Wildman–Crippen LogP) is 4.32. The first-order chi connectivity index (χ1) is 9.43. The largest absolute Gasteiger partial charge is 0.361 e. The number of hydrogen-bond acceptors (Lipinski definition) is 2. The van der Waals surface area contributed by atoms with Crippen LogP contribution in [0.1, 0.15) is 5.56 Å². The van der Waals surface area contributed by atoms with E-state index in [0.717, 1.165) is 16.6 Å². The van der Waals surface area contributed by atoms with Gasteiger partial charge in [-0.25, -0.2) is 0 Å². The van der Waals surface area contributed by atoms with E-state index in [1.807, 2.05) is 54.9 Å². The van der Waals surface area contributed by atoms with Crippen molar-refractivity contribution >= 4 is 22.7 Å². The van der Waals surface area contributed by atoms with Crippen molar-refractivity contribution in [1.82, 2.24) is 4.98 Å². The van der Waals surface area contributed by atoms with Gasteiger partial charge in [0.25, 0.3) is 0 Å². The molecular formula is C17H14N2. The Morgan fingerprint density at radius 3 is 2.53 bits per heavy atom. The van der Waals surface area contributed by atoms with E-state index in [2.05, 4.69) is 34.6 Å². The monoisotopic (exact) mass is 246 g/mol. The molecule has 0 radical (unpaired) electrons. The molecule has 0 aliphatic rings. The van der Waals surface area contributed by atoms with Gasteiger partial charge in [0.1, 0.15) is 0 Å². The van der Waals surface area contributed by atoms with E-state index >= 15 is 0 Å². The second-order valence-electron chi connectivity index (χ2n) is 4.26. The molecule has 92 valence electrons. The average Bonchev–Trinajstić information content (AvgIpc) is 2.49. The van der Waals surface area contributed by atoms with E-state index in [1.165, 1.54) is 5.56 Å².